The van der Waals surface area contributed by atoms with E-state index in [2.05, 4.69) is 17.4 Å². The first-order valence-electron chi connectivity index (χ1n) is 9.83. The molecule has 0 bridgehead atoms. The summed E-state index contributed by atoms with van der Waals surface area (Å²) < 4.78 is 0. The average Bonchev–Trinajstić information content (AvgIpc) is 2.70. The van der Waals surface area contributed by atoms with Crippen LogP contribution in [0.2, 0.25) is 5.02 Å². The van der Waals surface area contributed by atoms with Crippen LogP contribution in [-0.4, -0.2) is 34.6 Å². The SMILES string of the molecule is CC(C)NC(=O)[C@H](C)N(Cc1ccccc1Cl)C(=O)CCSCc1ccccc1. The first-order valence-corrected chi connectivity index (χ1v) is 11.4. The van der Waals surface area contributed by atoms with Gasteiger partial charge in [-0.3, -0.25) is 9.59 Å². The highest BCUT2D eigenvalue weighted by Crippen LogP contribution is 2.20. The predicted octanol–water partition coefficient (Wildman–Crippen LogP) is 4.91. The summed E-state index contributed by atoms with van der Waals surface area (Å²) in [5.41, 5.74) is 2.08. The lowest BCUT2D eigenvalue weighted by Gasteiger charge is -2.29. The van der Waals surface area contributed by atoms with E-state index in [-0.39, 0.29) is 17.9 Å². The number of rotatable bonds is 10. The molecule has 0 saturated carbocycles. The minimum absolute atomic E-state index is 0.0173. The van der Waals surface area contributed by atoms with Gasteiger partial charge >= 0.3 is 0 Å². The maximum atomic E-state index is 13.0. The summed E-state index contributed by atoms with van der Waals surface area (Å²) in [7, 11) is 0. The molecule has 0 fully saturated rings. The lowest BCUT2D eigenvalue weighted by Crippen LogP contribution is -2.49. The molecule has 6 heteroatoms. The zero-order valence-electron chi connectivity index (χ0n) is 17.2. The normalized spacial score (nSPS) is 11.9. The monoisotopic (exact) mass is 432 g/mol. The van der Waals surface area contributed by atoms with E-state index in [1.807, 2.05) is 50.2 Å². The van der Waals surface area contributed by atoms with E-state index >= 15 is 0 Å². The molecule has 156 valence electrons. The minimum Gasteiger partial charge on any atom is -0.352 e. The van der Waals surface area contributed by atoms with Crippen LogP contribution in [0.3, 0.4) is 0 Å². The van der Waals surface area contributed by atoms with Crippen LogP contribution in [0, 0.1) is 0 Å². The zero-order chi connectivity index (χ0) is 21.2. The Balaban J connectivity index is 2.01. The fourth-order valence-corrected chi connectivity index (χ4v) is 3.95. The molecular formula is C23H29ClN2O2S. The van der Waals surface area contributed by atoms with E-state index in [4.69, 9.17) is 11.6 Å². The van der Waals surface area contributed by atoms with Crippen molar-refractivity contribution in [2.45, 2.75) is 51.6 Å². The molecule has 4 nitrogen and oxygen atoms in total. The van der Waals surface area contributed by atoms with Gasteiger partial charge in [0, 0.05) is 35.5 Å². The smallest absolute Gasteiger partial charge is 0.242 e. The van der Waals surface area contributed by atoms with E-state index in [1.54, 1.807) is 29.7 Å². The molecule has 0 spiro atoms. The molecule has 2 amide bonds. The third-order valence-electron chi connectivity index (χ3n) is 4.47. The number of hydrogen-bond donors (Lipinski definition) is 1. The van der Waals surface area contributed by atoms with Crippen molar-refractivity contribution in [2.24, 2.45) is 0 Å². The van der Waals surface area contributed by atoms with Crippen LogP contribution in [0.5, 0.6) is 0 Å². The van der Waals surface area contributed by atoms with Gasteiger partial charge in [-0.1, -0.05) is 60.1 Å². The Hall–Kier alpha value is -1.98. The molecule has 29 heavy (non-hydrogen) atoms. The Labute approximate surface area is 183 Å². The van der Waals surface area contributed by atoms with Crippen LogP contribution in [-0.2, 0) is 21.9 Å². The van der Waals surface area contributed by atoms with Gasteiger partial charge < -0.3 is 10.2 Å². The van der Waals surface area contributed by atoms with Gasteiger partial charge in [-0.2, -0.15) is 11.8 Å². The molecule has 1 atom stereocenters. The molecule has 1 N–H and O–H groups in total. The molecule has 2 rings (SSSR count). The Kier molecular flexibility index (Phi) is 9.55. The standard InChI is InChI=1S/C23H29ClN2O2S/c1-17(2)25-23(28)18(3)26(15-20-11-7-8-12-21(20)24)22(27)13-14-29-16-19-9-5-4-6-10-19/h4-12,17-18H,13-16H2,1-3H3,(H,25,28)/t18-/m0/s1. The van der Waals surface area contributed by atoms with Gasteiger partial charge in [-0.25, -0.2) is 0 Å². The molecule has 0 aliphatic rings. The molecule has 0 aliphatic heterocycles. The van der Waals surface area contributed by atoms with Crippen LogP contribution >= 0.6 is 23.4 Å². The molecule has 0 unspecified atom stereocenters. The number of hydrogen-bond acceptors (Lipinski definition) is 3. The first kappa shape index (κ1) is 23.3. The summed E-state index contributed by atoms with van der Waals surface area (Å²) >= 11 is 8.01. The van der Waals surface area contributed by atoms with Gasteiger partial charge in [0.05, 0.1) is 0 Å². The quantitative estimate of drug-likeness (QED) is 0.543. The van der Waals surface area contributed by atoms with E-state index in [0.29, 0.717) is 23.7 Å². The van der Waals surface area contributed by atoms with E-state index in [9.17, 15) is 9.59 Å². The largest absolute Gasteiger partial charge is 0.352 e. The van der Waals surface area contributed by atoms with Gasteiger partial charge in [0.25, 0.3) is 0 Å². The number of carbonyl (C=O) groups is 2. The van der Waals surface area contributed by atoms with Gasteiger partial charge in [-0.05, 0) is 38.0 Å². The second-order valence-electron chi connectivity index (χ2n) is 7.24. The van der Waals surface area contributed by atoms with Gasteiger partial charge in [0.15, 0.2) is 0 Å². The lowest BCUT2D eigenvalue weighted by atomic mass is 10.1. The summed E-state index contributed by atoms with van der Waals surface area (Å²) in [6.07, 6.45) is 0.376. The van der Waals surface area contributed by atoms with Crippen molar-refractivity contribution in [1.82, 2.24) is 10.2 Å². The van der Waals surface area contributed by atoms with Gasteiger partial charge in [0.2, 0.25) is 11.8 Å². The van der Waals surface area contributed by atoms with Crippen molar-refractivity contribution in [1.29, 1.82) is 0 Å². The van der Waals surface area contributed by atoms with Gasteiger partial charge in [-0.15, -0.1) is 0 Å². The summed E-state index contributed by atoms with van der Waals surface area (Å²) in [5, 5.41) is 3.49. The summed E-state index contributed by atoms with van der Waals surface area (Å²) in [6.45, 7) is 5.90. The number of amides is 2. The highest BCUT2D eigenvalue weighted by atomic mass is 35.5. The molecule has 0 aliphatic carbocycles. The zero-order valence-corrected chi connectivity index (χ0v) is 18.8. The van der Waals surface area contributed by atoms with E-state index < -0.39 is 6.04 Å². The van der Waals surface area contributed by atoms with Crippen LogP contribution < -0.4 is 5.32 Å². The minimum atomic E-state index is -0.569. The Bertz CT molecular complexity index is 798. The first-order chi connectivity index (χ1) is 13.9. The number of benzene rings is 2. The number of halogens is 1. The van der Waals surface area contributed by atoms with E-state index in [1.165, 1.54) is 5.56 Å². The Morgan fingerprint density at radius 1 is 1.03 bits per heavy atom. The van der Waals surface area contributed by atoms with Crippen LogP contribution in [0.15, 0.2) is 54.6 Å². The lowest BCUT2D eigenvalue weighted by molar-refractivity contribution is -0.140. The molecule has 2 aromatic rings. The van der Waals surface area contributed by atoms with Crippen molar-refractivity contribution < 1.29 is 9.59 Å². The maximum Gasteiger partial charge on any atom is 0.242 e. The fourth-order valence-electron chi connectivity index (χ4n) is 2.87. The number of nitrogens with zero attached hydrogens (tertiary/aromatic N) is 1. The van der Waals surface area contributed by atoms with E-state index in [0.717, 1.165) is 11.3 Å². The summed E-state index contributed by atoms with van der Waals surface area (Å²) in [4.78, 5) is 27.2. The van der Waals surface area contributed by atoms with Crippen LogP contribution in [0.1, 0.15) is 38.3 Å². The number of nitrogens with one attached hydrogen (secondary N) is 1. The number of carbonyl (C=O) groups excluding carboxylic acids is 2. The molecular weight excluding hydrogens is 404 g/mol. The topological polar surface area (TPSA) is 49.4 Å². The fraction of sp³-hybridized carbons (Fsp3) is 0.391. The molecule has 0 aromatic heterocycles. The highest BCUT2D eigenvalue weighted by molar-refractivity contribution is 7.98. The van der Waals surface area contributed by atoms with Crippen molar-refractivity contribution in [3.05, 3.63) is 70.7 Å². The summed E-state index contributed by atoms with van der Waals surface area (Å²) in [6, 6.07) is 17.1. The number of thioether (sulfide) groups is 1. The van der Waals surface area contributed by atoms with Crippen molar-refractivity contribution in [3.8, 4) is 0 Å². The molecule has 0 heterocycles. The van der Waals surface area contributed by atoms with Crippen molar-refractivity contribution in [2.75, 3.05) is 5.75 Å². The highest BCUT2D eigenvalue weighted by Gasteiger charge is 2.26. The van der Waals surface area contributed by atoms with Crippen molar-refractivity contribution >= 4 is 35.2 Å². The molecule has 0 radical (unpaired) electrons. The second kappa shape index (κ2) is 11.9. The van der Waals surface area contributed by atoms with Gasteiger partial charge in [0.1, 0.15) is 6.04 Å². The molecule has 0 saturated heterocycles. The summed E-state index contributed by atoms with van der Waals surface area (Å²) in [5.74, 6) is 1.36. The Morgan fingerprint density at radius 2 is 1.69 bits per heavy atom. The third-order valence-corrected chi connectivity index (χ3v) is 5.87. The maximum absolute atomic E-state index is 13.0. The predicted molar refractivity (Wildman–Crippen MR) is 122 cm³/mol. The average molecular weight is 433 g/mol. The second-order valence-corrected chi connectivity index (χ2v) is 8.75. The third kappa shape index (κ3) is 7.75. The Morgan fingerprint density at radius 3 is 2.34 bits per heavy atom. The van der Waals surface area contributed by atoms with Crippen LogP contribution in [0.25, 0.3) is 0 Å². The molecule has 2 aromatic carbocycles. The van der Waals surface area contributed by atoms with Crippen molar-refractivity contribution in [3.63, 3.8) is 0 Å². The van der Waals surface area contributed by atoms with Crippen LogP contribution in [0.4, 0.5) is 0 Å².